The third-order valence-electron chi connectivity index (χ3n) is 2.44. The second kappa shape index (κ2) is 6.04. The molecule has 2 aromatic carbocycles. The SMILES string of the molecule is O=C(NNS(=O)(=O)c1cccc(Cl)c1)c1ccccc1. The fraction of sp³-hybridized carbons (Fsp3) is 0. The number of sulfonamides is 1. The van der Waals surface area contributed by atoms with Gasteiger partial charge in [-0.05, 0) is 30.3 Å². The molecule has 0 radical (unpaired) electrons. The lowest BCUT2D eigenvalue weighted by Crippen LogP contribution is -2.41. The standard InChI is InChI=1S/C13H11ClN2O3S/c14-11-7-4-8-12(9-11)20(18,19)16-15-13(17)10-5-2-1-3-6-10/h1-9,16H,(H,15,17). The quantitative estimate of drug-likeness (QED) is 0.848. The van der Waals surface area contributed by atoms with E-state index in [0.717, 1.165) is 0 Å². The van der Waals surface area contributed by atoms with Gasteiger partial charge in [-0.1, -0.05) is 35.9 Å². The molecular formula is C13H11ClN2O3S. The Balaban J connectivity index is 2.09. The van der Waals surface area contributed by atoms with E-state index in [4.69, 9.17) is 11.6 Å². The van der Waals surface area contributed by atoms with Crippen LogP contribution in [-0.4, -0.2) is 14.3 Å². The smallest absolute Gasteiger partial charge is 0.266 e. The molecule has 0 saturated heterocycles. The lowest BCUT2D eigenvalue weighted by atomic mass is 10.2. The fourth-order valence-corrected chi connectivity index (χ4v) is 2.61. The highest BCUT2D eigenvalue weighted by molar-refractivity contribution is 7.89. The Morgan fingerprint density at radius 3 is 2.35 bits per heavy atom. The highest BCUT2D eigenvalue weighted by Crippen LogP contribution is 2.14. The summed E-state index contributed by atoms with van der Waals surface area (Å²) in [6.45, 7) is 0. The van der Waals surface area contributed by atoms with Crippen molar-refractivity contribution in [3.8, 4) is 0 Å². The molecule has 1 amide bonds. The first-order valence-corrected chi connectivity index (χ1v) is 7.48. The fourth-order valence-electron chi connectivity index (χ4n) is 1.47. The van der Waals surface area contributed by atoms with E-state index in [-0.39, 0.29) is 4.90 Å². The number of carbonyl (C=O) groups is 1. The summed E-state index contributed by atoms with van der Waals surface area (Å²) in [5.41, 5.74) is 2.49. The van der Waals surface area contributed by atoms with Crippen LogP contribution in [0.5, 0.6) is 0 Å². The molecule has 0 aliphatic heterocycles. The Labute approximate surface area is 121 Å². The van der Waals surface area contributed by atoms with Crippen molar-refractivity contribution in [2.45, 2.75) is 4.90 Å². The Kier molecular flexibility index (Phi) is 4.39. The molecule has 5 nitrogen and oxygen atoms in total. The molecule has 0 bridgehead atoms. The summed E-state index contributed by atoms with van der Waals surface area (Å²) in [5.74, 6) is -0.545. The van der Waals surface area contributed by atoms with Crippen LogP contribution in [0, 0.1) is 0 Å². The van der Waals surface area contributed by atoms with Crippen LogP contribution in [0.25, 0.3) is 0 Å². The van der Waals surface area contributed by atoms with Crippen molar-refractivity contribution in [1.29, 1.82) is 0 Å². The normalized spacial score (nSPS) is 11.1. The zero-order valence-electron chi connectivity index (χ0n) is 10.2. The maximum atomic E-state index is 11.9. The van der Waals surface area contributed by atoms with Crippen LogP contribution in [0.4, 0.5) is 0 Å². The third kappa shape index (κ3) is 3.57. The minimum atomic E-state index is -3.85. The molecule has 2 rings (SSSR count). The minimum Gasteiger partial charge on any atom is -0.273 e. The van der Waals surface area contributed by atoms with Crippen LogP contribution < -0.4 is 10.3 Å². The van der Waals surface area contributed by atoms with Crippen molar-refractivity contribution < 1.29 is 13.2 Å². The lowest BCUT2D eigenvalue weighted by molar-refractivity contribution is 0.0945. The first kappa shape index (κ1) is 14.5. The van der Waals surface area contributed by atoms with E-state index in [2.05, 4.69) is 5.43 Å². The number of amides is 1. The summed E-state index contributed by atoms with van der Waals surface area (Å²) < 4.78 is 23.9. The zero-order chi connectivity index (χ0) is 14.6. The van der Waals surface area contributed by atoms with Gasteiger partial charge in [-0.15, -0.1) is 4.83 Å². The Morgan fingerprint density at radius 1 is 1.00 bits per heavy atom. The van der Waals surface area contributed by atoms with Crippen LogP contribution in [-0.2, 0) is 10.0 Å². The molecule has 0 spiro atoms. The molecular weight excluding hydrogens is 300 g/mol. The first-order chi connectivity index (χ1) is 9.49. The number of hydrazine groups is 1. The maximum absolute atomic E-state index is 11.9. The van der Waals surface area contributed by atoms with E-state index in [1.165, 1.54) is 18.2 Å². The molecule has 2 aromatic rings. The first-order valence-electron chi connectivity index (χ1n) is 5.62. The van der Waals surface area contributed by atoms with Crippen molar-refractivity contribution >= 4 is 27.5 Å². The van der Waals surface area contributed by atoms with Crippen molar-refractivity contribution in [3.63, 3.8) is 0 Å². The largest absolute Gasteiger partial charge is 0.273 e. The van der Waals surface area contributed by atoms with Crippen LogP contribution >= 0.6 is 11.6 Å². The van der Waals surface area contributed by atoms with E-state index in [0.29, 0.717) is 10.6 Å². The molecule has 0 fully saturated rings. The maximum Gasteiger partial charge on any atom is 0.266 e. The second-order valence-electron chi connectivity index (χ2n) is 3.88. The number of nitrogens with one attached hydrogen (secondary N) is 2. The van der Waals surface area contributed by atoms with E-state index in [9.17, 15) is 13.2 Å². The van der Waals surface area contributed by atoms with Gasteiger partial charge in [0.05, 0.1) is 4.90 Å². The highest BCUT2D eigenvalue weighted by Gasteiger charge is 2.15. The second-order valence-corrected chi connectivity index (χ2v) is 6.00. The van der Waals surface area contributed by atoms with E-state index >= 15 is 0 Å². The van der Waals surface area contributed by atoms with Gasteiger partial charge in [0, 0.05) is 10.6 Å². The Morgan fingerprint density at radius 2 is 1.70 bits per heavy atom. The van der Waals surface area contributed by atoms with Gasteiger partial charge >= 0.3 is 0 Å². The monoisotopic (exact) mass is 310 g/mol. The highest BCUT2D eigenvalue weighted by atomic mass is 35.5. The Hall–Kier alpha value is -1.89. The minimum absolute atomic E-state index is 0.0293. The van der Waals surface area contributed by atoms with Crippen molar-refractivity contribution in [2.75, 3.05) is 0 Å². The number of halogens is 1. The molecule has 0 unspecified atom stereocenters. The predicted octanol–water partition coefficient (Wildman–Crippen LogP) is 1.96. The van der Waals surface area contributed by atoms with Gasteiger partial charge < -0.3 is 0 Å². The average molecular weight is 311 g/mol. The van der Waals surface area contributed by atoms with E-state index in [1.54, 1.807) is 36.4 Å². The van der Waals surface area contributed by atoms with Crippen LogP contribution in [0.3, 0.4) is 0 Å². The van der Waals surface area contributed by atoms with Gasteiger partial charge in [0.2, 0.25) is 0 Å². The molecule has 2 N–H and O–H groups in total. The summed E-state index contributed by atoms with van der Waals surface area (Å²) in [6, 6.07) is 14.0. The van der Waals surface area contributed by atoms with E-state index < -0.39 is 15.9 Å². The van der Waals surface area contributed by atoms with Gasteiger partial charge in [0.25, 0.3) is 15.9 Å². The van der Waals surface area contributed by atoms with Gasteiger partial charge in [0.15, 0.2) is 0 Å². The predicted molar refractivity (Wildman–Crippen MR) is 75.7 cm³/mol. The molecule has 20 heavy (non-hydrogen) atoms. The van der Waals surface area contributed by atoms with Crippen molar-refractivity contribution in [1.82, 2.24) is 10.3 Å². The molecule has 0 aromatic heterocycles. The van der Waals surface area contributed by atoms with Crippen LogP contribution in [0.2, 0.25) is 5.02 Å². The molecule has 0 saturated carbocycles. The summed E-state index contributed by atoms with van der Waals surface area (Å²) in [6.07, 6.45) is 0. The molecule has 7 heteroatoms. The summed E-state index contributed by atoms with van der Waals surface area (Å²) in [5, 5.41) is 0.294. The number of benzene rings is 2. The number of carbonyl (C=O) groups excluding carboxylic acids is 1. The molecule has 0 heterocycles. The Bertz CT molecular complexity index is 717. The van der Waals surface area contributed by atoms with Crippen LogP contribution in [0.1, 0.15) is 10.4 Å². The molecule has 104 valence electrons. The summed E-state index contributed by atoms with van der Waals surface area (Å²) in [4.78, 5) is 13.7. The third-order valence-corrected chi connectivity index (χ3v) is 3.92. The summed E-state index contributed by atoms with van der Waals surface area (Å²) >= 11 is 5.73. The number of hydrogen-bond acceptors (Lipinski definition) is 3. The number of hydrogen-bond donors (Lipinski definition) is 2. The number of rotatable bonds is 4. The van der Waals surface area contributed by atoms with Crippen molar-refractivity contribution in [3.05, 3.63) is 65.2 Å². The average Bonchev–Trinajstić information content (AvgIpc) is 2.46. The molecule has 0 atom stereocenters. The van der Waals surface area contributed by atoms with Crippen molar-refractivity contribution in [2.24, 2.45) is 0 Å². The molecule has 0 aliphatic rings. The van der Waals surface area contributed by atoms with Gasteiger partial charge in [0.1, 0.15) is 0 Å². The van der Waals surface area contributed by atoms with E-state index in [1.807, 2.05) is 4.83 Å². The van der Waals surface area contributed by atoms with Gasteiger partial charge in [-0.25, -0.2) is 8.42 Å². The van der Waals surface area contributed by atoms with Crippen LogP contribution in [0.15, 0.2) is 59.5 Å². The summed E-state index contributed by atoms with van der Waals surface area (Å²) in [7, 11) is -3.85. The van der Waals surface area contributed by atoms with Gasteiger partial charge in [-0.2, -0.15) is 0 Å². The lowest BCUT2D eigenvalue weighted by Gasteiger charge is -2.08. The zero-order valence-corrected chi connectivity index (χ0v) is 11.8. The topological polar surface area (TPSA) is 75.3 Å². The van der Waals surface area contributed by atoms with Gasteiger partial charge in [-0.3, -0.25) is 10.2 Å². The molecule has 0 aliphatic carbocycles.